The highest BCUT2D eigenvalue weighted by Gasteiger charge is 2.47. The number of hydrogen-bond acceptors (Lipinski definition) is 4. The maximum atomic E-state index is 13.5. The monoisotopic (exact) mass is 480 g/mol. The molecule has 2 N–H and O–H groups in total. The molecule has 0 spiro atoms. The summed E-state index contributed by atoms with van der Waals surface area (Å²) in [5, 5.41) is 12.2. The molecule has 0 radical (unpaired) electrons. The standard InChI is InChI=1S/C24H21F5N2O3/c1-14(16(11-32)9-21(30-2)24(27,28)29)15-3-5-17(6-4-15)23(12-34-13-23)22(33)31-18-7-8-19(25)20(26)10-18/h3-10,32H,2,11-13H2,1H3,(H,31,33)/b16-14-,21-9-. The van der Waals surface area contributed by atoms with Crippen LogP contribution in [0.4, 0.5) is 27.6 Å². The van der Waals surface area contributed by atoms with E-state index < -0.39 is 41.4 Å². The fourth-order valence-corrected chi connectivity index (χ4v) is 3.44. The number of alkyl halides is 3. The third-order valence-electron chi connectivity index (χ3n) is 5.60. The number of aliphatic hydroxyl groups excluding tert-OH is 1. The van der Waals surface area contributed by atoms with Gasteiger partial charge in [-0.25, -0.2) is 8.78 Å². The first kappa shape index (κ1) is 25.3. The topological polar surface area (TPSA) is 70.9 Å². The number of nitrogens with one attached hydrogen (secondary N) is 1. The Bertz CT molecular complexity index is 1150. The lowest BCUT2D eigenvalue weighted by molar-refractivity contribution is -0.139. The van der Waals surface area contributed by atoms with Gasteiger partial charge in [0.05, 0.1) is 19.8 Å². The van der Waals surface area contributed by atoms with E-state index in [-0.39, 0.29) is 24.5 Å². The number of benzene rings is 2. The van der Waals surface area contributed by atoms with Crippen LogP contribution in [0.5, 0.6) is 0 Å². The normalized spacial score (nSPS) is 16.4. The summed E-state index contributed by atoms with van der Waals surface area (Å²) in [6.45, 7) is 3.93. The summed E-state index contributed by atoms with van der Waals surface area (Å²) in [7, 11) is 0. The lowest BCUT2D eigenvalue weighted by Gasteiger charge is -2.40. The predicted molar refractivity (Wildman–Crippen MR) is 117 cm³/mol. The number of rotatable bonds is 7. The Morgan fingerprint density at radius 1 is 1.18 bits per heavy atom. The van der Waals surface area contributed by atoms with Crippen molar-refractivity contribution in [3.8, 4) is 0 Å². The van der Waals surface area contributed by atoms with Gasteiger partial charge in [0, 0.05) is 11.8 Å². The van der Waals surface area contributed by atoms with Crippen LogP contribution in [-0.2, 0) is 14.9 Å². The van der Waals surface area contributed by atoms with Crippen molar-refractivity contribution < 1.29 is 36.6 Å². The van der Waals surface area contributed by atoms with Gasteiger partial charge in [0.15, 0.2) is 11.6 Å². The average Bonchev–Trinajstić information content (AvgIpc) is 2.75. The van der Waals surface area contributed by atoms with Crippen molar-refractivity contribution in [2.75, 3.05) is 25.1 Å². The van der Waals surface area contributed by atoms with Crippen molar-refractivity contribution in [1.29, 1.82) is 0 Å². The largest absolute Gasteiger partial charge is 0.433 e. The fourth-order valence-electron chi connectivity index (χ4n) is 3.44. The molecule has 2 aromatic carbocycles. The summed E-state index contributed by atoms with van der Waals surface area (Å²) in [6, 6.07) is 9.47. The van der Waals surface area contributed by atoms with Crippen LogP contribution >= 0.6 is 0 Å². The molecule has 3 rings (SSSR count). The second kappa shape index (κ2) is 9.86. The Morgan fingerprint density at radius 2 is 1.82 bits per heavy atom. The van der Waals surface area contributed by atoms with Crippen LogP contribution in [-0.4, -0.2) is 43.7 Å². The number of aliphatic hydroxyl groups is 1. The summed E-state index contributed by atoms with van der Waals surface area (Å²) in [5.74, 6) is -2.62. The van der Waals surface area contributed by atoms with Crippen LogP contribution in [0.25, 0.3) is 5.57 Å². The highest BCUT2D eigenvalue weighted by Crippen LogP contribution is 2.35. The number of allylic oxidation sites excluding steroid dienone is 2. The number of ether oxygens (including phenoxy) is 1. The van der Waals surface area contributed by atoms with Crippen molar-refractivity contribution in [2.24, 2.45) is 4.99 Å². The van der Waals surface area contributed by atoms with E-state index in [0.717, 1.165) is 18.2 Å². The van der Waals surface area contributed by atoms with E-state index in [1.807, 2.05) is 0 Å². The van der Waals surface area contributed by atoms with Gasteiger partial charge in [-0.2, -0.15) is 13.2 Å². The van der Waals surface area contributed by atoms with Gasteiger partial charge in [-0.3, -0.25) is 9.79 Å². The first-order valence-corrected chi connectivity index (χ1v) is 10.0. The molecule has 1 aliphatic rings. The molecule has 1 aliphatic heterocycles. The maximum Gasteiger partial charge on any atom is 0.433 e. The smallest absolute Gasteiger partial charge is 0.392 e. The van der Waals surface area contributed by atoms with Gasteiger partial charge in [-0.15, -0.1) is 0 Å². The third-order valence-corrected chi connectivity index (χ3v) is 5.60. The Hall–Kier alpha value is -3.37. The van der Waals surface area contributed by atoms with Crippen LogP contribution < -0.4 is 5.32 Å². The number of aliphatic imine (C=N–C) groups is 1. The van der Waals surface area contributed by atoms with Gasteiger partial charge in [-0.05, 0) is 54.1 Å². The van der Waals surface area contributed by atoms with Crippen LogP contribution in [0, 0.1) is 11.6 Å². The first-order chi connectivity index (χ1) is 16.0. The molecule has 1 amide bonds. The van der Waals surface area contributed by atoms with E-state index in [2.05, 4.69) is 17.0 Å². The van der Waals surface area contributed by atoms with Gasteiger partial charge in [0.25, 0.3) is 0 Å². The van der Waals surface area contributed by atoms with Gasteiger partial charge < -0.3 is 15.2 Å². The molecule has 0 atom stereocenters. The van der Waals surface area contributed by atoms with Gasteiger partial charge in [-0.1, -0.05) is 24.3 Å². The van der Waals surface area contributed by atoms with E-state index in [1.54, 1.807) is 31.2 Å². The number of amides is 1. The lowest BCUT2D eigenvalue weighted by atomic mass is 9.77. The quantitative estimate of drug-likeness (QED) is 0.340. The average molecular weight is 480 g/mol. The SMILES string of the molecule is C=N/C(=C\C(CO)=C(/C)c1ccc(C2(C(=O)Nc3ccc(F)c(F)c3)COC2)cc1)C(F)(F)F. The molecule has 0 aliphatic carbocycles. The molecule has 10 heteroatoms. The second-order valence-electron chi connectivity index (χ2n) is 7.73. The minimum atomic E-state index is -4.72. The van der Waals surface area contributed by atoms with Crippen LogP contribution in [0.2, 0.25) is 0 Å². The summed E-state index contributed by atoms with van der Waals surface area (Å²) in [5.41, 5.74) is -0.744. The van der Waals surface area contributed by atoms with E-state index in [1.165, 1.54) is 6.07 Å². The zero-order valence-corrected chi connectivity index (χ0v) is 18.0. The molecule has 5 nitrogen and oxygen atoms in total. The Kier molecular flexibility index (Phi) is 7.32. The van der Waals surface area contributed by atoms with Crippen LogP contribution in [0.3, 0.4) is 0 Å². The van der Waals surface area contributed by atoms with Crippen molar-refractivity contribution in [3.63, 3.8) is 0 Å². The van der Waals surface area contributed by atoms with Crippen molar-refractivity contribution in [3.05, 3.63) is 82.6 Å². The van der Waals surface area contributed by atoms with E-state index in [0.29, 0.717) is 16.7 Å². The lowest BCUT2D eigenvalue weighted by Crippen LogP contribution is -2.55. The Morgan fingerprint density at radius 3 is 2.29 bits per heavy atom. The predicted octanol–water partition coefficient (Wildman–Crippen LogP) is 4.78. The molecule has 0 bridgehead atoms. The molecule has 2 aromatic rings. The first-order valence-electron chi connectivity index (χ1n) is 10.0. The maximum absolute atomic E-state index is 13.5. The van der Waals surface area contributed by atoms with E-state index in [4.69, 9.17) is 4.74 Å². The number of carbonyl (C=O) groups is 1. The second-order valence-corrected chi connectivity index (χ2v) is 7.73. The molecular weight excluding hydrogens is 459 g/mol. The summed E-state index contributed by atoms with van der Waals surface area (Å²) in [4.78, 5) is 15.9. The molecule has 1 heterocycles. The highest BCUT2D eigenvalue weighted by molar-refractivity contribution is 6.00. The zero-order valence-electron chi connectivity index (χ0n) is 18.0. The van der Waals surface area contributed by atoms with Crippen molar-refractivity contribution >= 4 is 23.9 Å². The van der Waals surface area contributed by atoms with Crippen LogP contribution in [0.1, 0.15) is 18.1 Å². The number of anilines is 1. The molecule has 0 saturated carbocycles. The summed E-state index contributed by atoms with van der Waals surface area (Å²) in [6.07, 6.45) is -3.99. The molecule has 1 fully saturated rings. The van der Waals surface area contributed by atoms with Crippen molar-refractivity contribution in [2.45, 2.75) is 18.5 Å². The molecule has 180 valence electrons. The number of nitrogens with zero attached hydrogens (tertiary/aromatic N) is 1. The van der Waals surface area contributed by atoms with Gasteiger partial charge in [0.1, 0.15) is 11.1 Å². The van der Waals surface area contributed by atoms with Gasteiger partial charge >= 0.3 is 6.18 Å². The number of carbonyl (C=O) groups excluding carboxylic acids is 1. The number of hydrogen-bond donors (Lipinski definition) is 2. The highest BCUT2D eigenvalue weighted by atomic mass is 19.4. The fraction of sp³-hybridized carbons (Fsp3) is 0.250. The number of halogens is 5. The molecule has 0 aromatic heterocycles. The van der Waals surface area contributed by atoms with Crippen molar-refractivity contribution in [1.82, 2.24) is 0 Å². The summed E-state index contributed by atoms with van der Waals surface area (Å²) < 4.78 is 70.8. The minimum absolute atomic E-state index is 0.00486. The third kappa shape index (κ3) is 5.07. The Labute approximate surface area is 192 Å². The van der Waals surface area contributed by atoms with Gasteiger partial charge in [0.2, 0.25) is 5.91 Å². The van der Waals surface area contributed by atoms with E-state index >= 15 is 0 Å². The van der Waals surface area contributed by atoms with E-state index in [9.17, 15) is 31.9 Å². The Balaban J connectivity index is 1.88. The molecule has 0 unspecified atom stereocenters. The minimum Gasteiger partial charge on any atom is -0.392 e. The molecule has 1 saturated heterocycles. The molecular formula is C24H21F5N2O3. The zero-order chi connectivity index (χ0) is 25.1. The summed E-state index contributed by atoms with van der Waals surface area (Å²) >= 11 is 0. The molecule has 34 heavy (non-hydrogen) atoms. The van der Waals surface area contributed by atoms with Crippen LogP contribution in [0.15, 0.2) is 64.8 Å².